The van der Waals surface area contributed by atoms with E-state index in [2.05, 4.69) is 46.8 Å². The van der Waals surface area contributed by atoms with Crippen LogP contribution in [0.2, 0.25) is 0 Å². The molecule has 0 aromatic heterocycles. The van der Waals surface area contributed by atoms with Crippen molar-refractivity contribution in [1.82, 2.24) is 10.2 Å². The Balaban J connectivity index is 0.00000280. The maximum Gasteiger partial charge on any atom is 0.224 e. The normalized spacial score (nSPS) is 13.8. The van der Waals surface area contributed by atoms with Gasteiger partial charge in [-0.25, -0.2) is 4.99 Å². The van der Waals surface area contributed by atoms with Crippen LogP contribution < -0.4 is 10.6 Å². The van der Waals surface area contributed by atoms with Crippen molar-refractivity contribution in [1.29, 1.82) is 0 Å². The van der Waals surface area contributed by atoms with E-state index in [1.807, 2.05) is 35.2 Å². The highest BCUT2D eigenvalue weighted by atomic mass is 127. The second kappa shape index (κ2) is 11.7. The van der Waals surface area contributed by atoms with E-state index in [0.717, 1.165) is 37.2 Å². The third kappa shape index (κ3) is 7.14. The summed E-state index contributed by atoms with van der Waals surface area (Å²) in [6.45, 7) is 5.03. The Morgan fingerprint density at radius 3 is 2.39 bits per heavy atom. The molecule has 0 bridgehead atoms. The summed E-state index contributed by atoms with van der Waals surface area (Å²) in [7, 11) is 0. The minimum Gasteiger partial charge on any atom is -0.356 e. The van der Waals surface area contributed by atoms with Crippen molar-refractivity contribution in [3.63, 3.8) is 0 Å². The summed E-state index contributed by atoms with van der Waals surface area (Å²) >= 11 is 0. The minimum atomic E-state index is 0. The van der Waals surface area contributed by atoms with Gasteiger partial charge >= 0.3 is 0 Å². The maximum atomic E-state index is 12.2. The van der Waals surface area contributed by atoms with E-state index < -0.39 is 0 Å². The molecular weight excluding hydrogens is 463 g/mol. The number of amides is 1. The lowest BCUT2D eigenvalue weighted by Gasteiger charge is -2.16. The summed E-state index contributed by atoms with van der Waals surface area (Å²) < 4.78 is 0. The second-order valence-electron chi connectivity index (χ2n) is 6.91. The Labute approximate surface area is 184 Å². The van der Waals surface area contributed by atoms with Crippen LogP contribution in [0.15, 0.2) is 59.6 Å². The Hall–Kier alpha value is -2.09. The van der Waals surface area contributed by atoms with Gasteiger partial charge in [-0.05, 0) is 37.5 Å². The van der Waals surface area contributed by atoms with E-state index in [1.165, 1.54) is 5.56 Å². The van der Waals surface area contributed by atoms with Crippen LogP contribution in [0.4, 0.5) is 5.69 Å². The molecule has 1 amide bonds. The van der Waals surface area contributed by atoms with Crippen LogP contribution >= 0.6 is 24.0 Å². The topological polar surface area (TPSA) is 56.7 Å². The average Bonchev–Trinajstić information content (AvgIpc) is 3.23. The second-order valence-corrected chi connectivity index (χ2v) is 6.91. The molecule has 0 unspecified atom stereocenters. The molecule has 0 spiro atoms. The fraction of sp³-hybridized carbons (Fsp3) is 0.364. The predicted octanol–water partition coefficient (Wildman–Crippen LogP) is 4.18. The van der Waals surface area contributed by atoms with E-state index in [4.69, 9.17) is 0 Å². The number of nitrogens with zero attached hydrogens (tertiary/aromatic N) is 2. The first-order chi connectivity index (χ1) is 13.2. The molecule has 5 nitrogen and oxygen atoms in total. The predicted molar refractivity (Wildman–Crippen MR) is 126 cm³/mol. The highest BCUT2D eigenvalue weighted by molar-refractivity contribution is 14.0. The van der Waals surface area contributed by atoms with E-state index in [9.17, 15) is 4.79 Å². The van der Waals surface area contributed by atoms with Crippen LogP contribution in [0, 0.1) is 6.92 Å². The Kier molecular flexibility index (Phi) is 9.27. The molecule has 2 N–H and O–H groups in total. The van der Waals surface area contributed by atoms with Crippen molar-refractivity contribution < 1.29 is 4.79 Å². The van der Waals surface area contributed by atoms with Crippen LogP contribution in [0.5, 0.6) is 0 Å². The highest BCUT2D eigenvalue weighted by Crippen LogP contribution is 2.09. The molecule has 1 heterocycles. The van der Waals surface area contributed by atoms with E-state index in [-0.39, 0.29) is 29.9 Å². The number of carbonyl (C=O) groups is 1. The van der Waals surface area contributed by atoms with Crippen LogP contribution in [0.25, 0.3) is 0 Å². The monoisotopic (exact) mass is 492 g/mol. The van der Waals surface area contributed by atoms with Crippen molar-refractivity contribution >= 4 is 41.5 Å². The Morgan fingerprint density at radius 1 is 1.04 bits per heavy atom. The molecule has 1 aliphatic heterocycles. The van der Waals surface area contributed by atoms with Gasteiger partial charge in [0.1, 0.15) is 0 Å². The summed E-state index contributed by atoms with van der Waals surface area (Å²) in [6.07, 6.45) is 2.73. The first kappa shape index (κ1) is 22.2. The third-order valence-electron chi connectivity index (χ3n) is 4.67. The lowest BCUT2D eigenvalue weighted by Crippen LogP contribution is -2.35. The fourth-order valence-corrected chi connectivity index (χ4v) is 3.07. The summed E-state index contributed by atoms with van der Waals surface area (Å²) in [5.41, 5.74) is 3.37. The summed E-state index contributed by atoms with van der Waals surface area (Å²) in [5, 5.41) is 6.61. The number of anilines is 1. The van der Waals surface area contributed by atoms with E-state index in [1.54, 1.807) is 0 Å². The molecule has 2 aromatic carbocycles. The van der Waals surface area contributed by atoms with Gasteiger partial charge in [-0.1, -0.05) is 48.0 Å². The summed E-state index contributed by atoms with van der Waals surface area (Å²) in [4.78, 5) is 18.9. The van der Waals surface area contributed by atoms with Crippen LogP contribution in [-0.2, 0) is 11.3 Å². The quantitative estimate of drug-likeness (QED) is 0.362. The molecule has 28 heavy (non-hydrogen) atoms. The van der Waals surface area contributed by atoms with Crippen LogP contribution in [0.1, 0.15) is 30.4 Å². The number of rotatable bonds is 6. The van der Waals surface area contributed by atoms with Gasteiger partial charge in [0.2, 0.25) is 5.91 Å². The Bertz CT molecular complexity index is 756. The van der Waals surface area contributed by atoms with Crippen molar-refractivity contribution in [2.24, 2.45) is 4.99 Å². The molecule has 150 valence electrons. The molecule has 1 saturated heterocycles. The zero-order chi connectivity index (χ0) is 18.9. The molecule has 3 rings (SSSR count). The zero-order valence-electron chi connectivity index (χ0n) is 16.4. The smallest absolute Gasteiger partial charge is 0.224 e. The number of halogens is 1. The third-order valence-corrected chi connectivity index (χ3v) is 4.67. The van der Waals surface area contributed by atoms with Gasteiger partial charge in [-0.2, -0.15) is 0 Å². The molecule has 0 atom stereocenters. The lowest BCUT2D eigenvalue weighted by molar-refractivity contribution is -0.129. The summed E-state index contributed by atoms with van der Waals surface area (Å²) in [5.74, 6) is 0.911. The van der Waals surface area contributed by atoms with Crippen molar-refractivity contribution in [3.05, 3.63) is 65.7 Å². The maximum absolute atomic E-state index is 12.2. The van der Waals surface area contributed by atoms with Crippen molar-refractivity contribution in [2.45, 2.75) is 32.7 Å². The van der Waals surface area contributed by atoms with Gasteiger partial charge in [0.25, 0.3) is 0 Å². The molecule has 0 aliphatic carbocycles. The highest BCUT2D eigenvalue weighted by Gasteiger charge is 2.17. The number of aryl methyl sites for hydroxylation is 1. The number of guanidine groups is 1. The first-order valence-corrected chi connectivity index (χ1v) is 9.64. The van der Waals surface area contributed by atoms with Gasteiger partial charge in [0, 0.05) is 31.7 Å². The number of para-hydroxylation sites is 1. The number of hydrogen-bond acceptors (Lipinski definition) is 2. The SMILES string of the molecule is Cc1ccc(CN=C(NCCC(=O)N2CCCC2)Nc2ccccc2)cc1.I. The van der Waals surface area contributed by atoms with E-state index in [0.29, 0.717) is 25.5 Å². The number of aliphatic imine (C=N–C) groups is 1. The molecule has 1 fully saturated rings. The van der Waals surface area contributed by atoms with E-state index >= 15 is 0 Å². The molecular formula is C22H29IN4O. The van der Waals surface area contributed by atoms with Crippen molar-refractivity contribution in [3.8, 4) is 0 Å². The summed E-state index contributed by atoms with van der Waals surface area (Å²) in [6, 6.07) is 18.3. The standard InChI is InChI=1S/C22H28N4O.HI/c1-18-9-11-19(12-10-18)17-24-22(25-20-7-3-2-4-8-20)23-14-13-21(27)26-15-5-6-16-26;/h2-4,7-12H,5-6,13-17H2,1H3,(H2,23,24,25);1H. The van der Waals surface area contributed by atoms with Crippen LogP contribution in [-0.4, -0.2) is 36.4 Å². The van der Waals surface area contributed by atoms with Gasteiger partial charge < -0.3 is 15.5 Å². The molecule has 0 radical (unpaired) electrons. The molecule has 0 saturated carbocycles. The average molecular weight is 492 g/mol. The fourth-order valence-electron chi connectivity index (χ4n) is 3.07. The van der Waals surface area contributed by atoms with Gasteiger partial charge in [-0.15, -0.1) is 24.0 Å². The number of likely N-dealkylation sites (tertiary alicyclic amines) is 1. The molecule has 2 aromatic rings. The zero-order valence-corrected chi connectivity index (χ0v) is 18.7. The van der Waals surface area contributed by atoms with Gasteiger partial charge in [-0.3, -0.25) is 4.79 Å². The number of nitrogens with one attached hydrogen (secondary N) is 2. The molecule has 1 aliphatic rings. The lowest BCUT2D eigenvalue weighted by atomic mass is 10.1. The van der Waals surface area contributed by atoms with Gasteiger partial charge in [0.15, 0.2) is 5.96 Å². The molecule has 6 heteroatoms. The Morgan fingerprint density at radius 2 is 1.71 bits per heavy atom. The first-order valence-electron chi connectivity index (χ1n) is 9.64. The number of hydrogen-bond donors (Lipinski definition) is 2. The minimum absolute atomic E-state index is 0. The van der Waals surface area contributed by atoms with Crippen LogP contribution in [0.3, 0.4) is 0 Å². The van der Waals surface area contributed by atoms with Gasteiger partial charge in [0.05, 0.1) is 6.54 Å². The number of benzene rings is 2. The largest absolute Gasteiger partial charge is 0.356 e. The number of carbonyl (C=O) groups excluding carboxylic acids is 1. The van der Waals surface area contributed by atoms with Crippen molar-refractivity contribution in [2.75, 3.05) is 25.0 Å².